The number of nitrogens with zero attached hydrogens (tertiary/aromatic N) is 1. The Kier molecular flexibility index (Phi) is 7.01. The zero-order valence-corrected chi connectivity index (χ0v) is 17.2. The van der Waals surface area contributed by atoms with Crippen molar-refractivity contribution in [1.82, 2.24) is 4.90 Å². The SMILES string of the molecule is CSC[C@H]1CN(C(=O)OC(C)(C)C)[C@@H](Cc2ccc(Br)cc2)CO1. The molecule has 1 heterocycles. The molecule has 0 spiro atoms. The Morgan fingerprint density at radius 3 is 2.62 bits per heavy atom. The molecule has 0 bridgehead atoms. The van der Waals surface area contributed by atoms with Crippen LogP contribution in [0.4, 0.5) is 4.79 Å². The van der Waals surface area contributed by atoms with E-state index in [1.54, 1.807) is 11.8 Å². The van der Waals surface area contributed by atoms with Gasteiger partial charge in [0.05, 0.1) is 25.3 Å². The number of hydrogen-bond acceptors (Lipinski definition) is 4. The summed E-state index contributed by atoms with van der Waals surface area (Å²) in [5.41, 5.74) is 0.690. The van der Waals surface area contributed by atoms with E-state index in [-0.39, 0.29) is 18.2 Å². The van der Waals surface area contributed by atoms with E-state index >= 15 is 0 Å². The molecule has 24 heavy (non-hydrogen) atoms. The molecule has 2 atom stereocenters. The van der Waals surface area contributed by atoms with Crippen LogP contribution in [0.15, 0.2) is 28.7 Å². The van der Waals surface area contributed by atoms with Crippen LogP contribution in [-0.4, -0.2) is 53.9 Å². The maximum absolute atomic E-state index is 12.7. The quantitative estimate of drug-likeness (QED) is 0.731. The summed E-state index contributed by atoms with van der Waals surface area (Å²) in [6.07, 6.45) is 2.63. The average molecular weight is 416 g/mol. The zero-order chi connectivity index (χ0) is 17.7. The van der Waals surface area contributed by atoms with Crippen molar-refractivity contribution < 1.29 is 14.3 Å². The van der Waals surface area contributed by atoms with Gasteiger partial charge in [0.15, 0.2) is 0 Å². The summed E-state index contributed by atoms with van der Waals surface area (Å²) in [6.45, 7) is 6.81. The molecule has 4 nitrogen and oxygen atoms in total. The van der Waals surface area contributed by atoms with Crippen LogP contribution in [0.25, 0.3) is 0 Å². The number of carbonyl (C=O) groups is 1. The number of benzene rings is 1. The minimum Gasteiger partial charge on any atom is -0.444 e. The van der Waals surface area contributed by atoms with Gasteiger partial charge in [-0.2, -0.15) is 11.8 Å². The lowest BCUT2D eigenvalue weighted by molar-refractivity contribution is -0.0613. The molecule has 0 saturated carbocycles. The summed E-state index contributed by atoms with van der Waals surface area (Å²) in [4.78, 5) is 14.5. The van der Waals surface area contributed by atoms with Crippen LogP contribution >= 0.6 is 27.7 Å². The fourth-order valence-corrected chi connectivity index (χ4v) is 3.49. The van der Waals surface area contributed by atoms with Crippen molar-refractivity contribution in [2.24, 2.45) is 0 Å². The second kappa shape index (κ2) is 8.59. The van der Waals surface area contributed by atoms with Crippen molar-refractivity contribution in [1.29, 1.82) is 0 Å². The van der Waals surface area contributed by atoms with Gasteiger partial charge in [-0.05, 0) is 51.1 Å². The average Bonchev–Trinajstić information content (AvgIpc) is 2.49. The summed E-state index contributed by atoms with van der Waals surface area (Å²) in [6, 6.07) is 8.19. The largest absolute Gasteiger partial charge is 0.444 e. The van der Waals surface area contributed by atoms with Crippen molar-refractivity contribution in [3.8, 4) is 0 Å². The highest BCUT2D eigenvalue weighted by Gasteiger charge is 2.34. The first-order valence-corrected chi connectivity index (χ1v) is 10.3. The van der Waals surface area contributed by atoms with E-state index in [0.29, 0.717) is 13.2 Å². The Labute approximate surface area is 157 Å². The molecular formula is C18H26BrNO3S. The summed E-state index contributed by atoms with van der Waals surface area (Å²) < 4.78 is 12.6. The minimum absolute atomic E-state index is 0.000804. The highest BCUT2D eigenvalue weighted by Crippen LogP contribution is 2.22. The van der Waals surface area contributed by atoms with Gasteiger partial charge in [0.1, 0.15) is 5.60 Å². The number of thioether (sulfide) groups is 1. The predicted molar refractivity (Wildman–Crippen MR) is 103 cm³/mol. The third kappa shape index (κ3) is 5.97. The van der Waals surface area contributed by atoms with E-state index in [4.69, 9.17) is 9.47 Å². The number of halogens is 1. The Hall–Kier alpha value is -0.720. The minimum atomic E-state index is -0.494. The van der Waals surface area contributed by atoms with Crippen LogP contribution < -0.4 is 0 Å². The third-order valence-electron chi connectivity index (χ3n) is 3.73. The molecule has 134 valence electrons. The van der Waals surface area contributed by atoms with E-state index in [1.807, 2.05) is 37.8 Å². The lowest BCUT2D eigenvalue weighted by atomic mass is 10.0. The molecule has 0 N–H and O–H groups in total. The number of morpholine rings is 1. The second-order valence-corrected chi connectivity index (χ2v) is 8.85. The maximum atomic E-state index is 12.7. The Morgan fingerprint density at radius 1 is 1.38 bits per heavy atom. The predicted octanol–water partition coefficient (Wildman–Crippen LogP) is 4.36. The molecule has 0 unspecified atom stereocenters. The molecule has 1 saturated heterocycles. The highest BCUT2D eigenvalue weighted by atomic mass is 79.9. The lowest BCUT2D eigenvalue weighted by Gasteiger charge is -2.40. The van der Waals surface area contributed by atoms with Crippen molar-refractivity contribution >= 4 is 33.8 Å². The Bertz CT molecular complexity index is 544. The maximum Gasteiger partial charge on any atom is 0.410 e. The van der Waals surface area contributed by atoms with Crippen molar-refractivity contribution in [3.05, 3.63) is 34.3 Å². The van der Waals surface area contributed by atoms with Crippen LogP contribution in [0.3, 0.4) is 0 Å². The molecule has 0 aliphatic carbocycles. The Morgan fingerprint density at radius 2 is 2.04 bits per heavy atom. The molecule has 0 aromatic heterocycles. The fraction of sp³-hybridized carbons (Fsp3) is 0.611. The van der Waals surface area contributed by atoms with Gasteiger partial charge >= 0.3 is 6.09 Å². The number of amides is 1. The summed E-state index contributed by atoms with van der Waals surface area (Å²) in [5.74, 6) is 0.879. The van der Waals surface area contributed by atoms with E-state index in [9.17, 15) is 4.79 Å². The van der Waals surface area contributed by atoms with E-state index < -0.39 is 5.60 Å². The van der Waals surface area contributed by atoms with Gasteiger partial charge in [-0.3, -0.25) is 4.90 Å². The molecular weight excluding hydrogens is 390 g/mol. The first kappa shape index (κ1) is 19.6. The highest BCUT2D eigenvalue weighted by molar-refractivity contribution is 9.10. The number of carbonyl (C=O) groups excluding carboxylic acids is 1. The van der Waals surface area contributed by atoms with Gasteiger partial charge in [0, 0.05) is 10.2 Å². The monoisotopic (exact) mass is 415 g/mol. The molecule has 6 heteroatoms. The van der Waals surface area contributed by atoms with Gasteiger partial charge in [-0.1, -0.05) is 28.1 Å². The molecule has 2 rings (SSSR count). The summed E-state index contributed by atoms with van der Waals surface area (Å²) in [7, 11) is 0. The van der Waals surface area contributed by atoms with Crippen LogP contribution in [0.2, 0.25) is 0 Å². The van der Waals surface area contributed by atoms with E-state index in [1.165, 1.54) is 5.56 Å². The first-order chi connectivity index (χ1) is 11.3. The number of ether oxygens (including phenoxy) is 2. The second-order valence-electron chi connectivity index (χ2n) is 7.03. The summed E-state index contributed by atoms with van der Waals surface area (Å²) in [5, 5.41) is 0. The molecule has 1 aliphatic rings. The van der Waals surface area contributed by atoms with Gasteiger partial charge in [0.2, 0.25) is 0 Å². The molecule has 1 fully saturated rings. The smallest absolute Gasteiger partial charge is 0.410 e. The molecule has 1 amide bonds. The lowest BCUT2D eigenvalue weighted by Crippen LogP contribution is -2.54. The number of rotatable bonds is 4. The standard InChI is InChI=1S/C18H26BrNO3S/c1-18(2,3)23-17(21)20-10-16(12-24-4)22-11-15(20)9-13-5-7-14(19)8-6-13/h5-8,15-16H,9-12H2,1-4H3/t15-,16+/m0/s1. The summed E-state index contributed by atoms with van der Waals surface area (Å²) >= 11 is 5.19. The van der Waals surface area contributed by atoms with Crippen LogP contribution in [0.5, 0.6) is 0 Å². The topological polar surface area (TPSA) is 38.8 Å². The van der Waals surface area contributed by atoms with Crippen molar-refractivity contribution in [3.63, 3.8) is 0 Å². The number of hydrogen-bond donors (Lipinski definition) is 0. The first-order valence-electron chi connectivity index (χ1n) is 8.13. The van der Waals surface area contributed by atoms with Crippen LogP contribution in [-0.2, 0) is 15.9 Å². The van der Waals surface area contributed by atoms with E-state index in [0.717, 1.165) is 16.6 Å². The third-order valence-corrected chi connectivity index (χ3v) is 4.96. The molecule has 1 aromatic carbocycles. The van der Waals surface area contributed by atoms with Gasteiger partial charge in [-0.25, -0.2) is 4.79 Å². The molecule has 1 aliphatic heterocycles. The zero-order valence-electron chi connectivity index (χ0n) is 14.8. The van der Waals surface area contributed by atoms with E-state index in [2.05, 4.69) is 34.3 Å². The van der Waals surface area contributed by atoms with Crippen molar-refractivity contribution in [2.75, 3.05) is 25.2 Å². The van der Waals surface area contributed by atoms with Gasteiger partial charge < -0.3 is 9.47 Å². The van der Waals surface area contributed by atoms with Crippen LogP contribution in [0, 0.1) is 0 Å². The molecule has 0 radical (unpaired) electrons. The van der Waals surface area contributed by atoms with Crippen LogP contribution in [0.1, 0.15) is 26.3 Å². The van der Waals surface area contributed by atoms with Gasteiger partial charge in [0.25, 0.3) is 0 Å². The fourth-order valence-electron chi connectivity index (χ4n) is 2.65. The molecule has 1 aromatic rings. The Balaban J connectivity index is 2.10. The van der Waals surface area contributed by atoms with Crippen molar-refractivity contribution in [2.45, 2.75) is 44.9 Å². The van der Waals surface area contributed by atoms with Gasteiger partial charge in [-0.15, -0.1) is 0 Å². The normalized spacial score (nSPS) is 21.6.